The molecule has 1 fully saturated rings. The summed E-state index contributed by atoms with van der Waals surface area (Å²) < 4.78 is 11.4. The number of amides is 1. The molecule has 1 aliphatic heterocycles. The van der Waals surface area contributed by atoms with E-state index in [0.29, 0.717) is 12.8 Å². The molecule has 1 aromatic rings. The van der Waals surface area contributed by atoms with Crippen molar-refractivity contribution in [1.82, 2.24) is 4.90 Å². The summed E-state index contributed by atoms with van der Waals surface area (Å²) in [6.45, 7) is 0.109. The molecule has 5 heteroatoms. The molecule has 4 nitrogen and oxygen atoms in total. The summed E-state index contributed by atoms with van der Waals surface area (Å²) in [6, 6.07) is 10.0. The van der Waals surface area contributed by atoms with E-state index in [1.165, 1.54) is 10.5 Å². The fourth-order valence-electron chi connectivity index (χ4n) is 2.31. The molecule has 0 radical (unpaired) electrons. The van der Waals surface area contributed by atoms with Gasteiger partial charge < -0.3 is 4.90 Å². The third-order valence-corrected chi connectivity index (χ3v) is 4.70. The van der Waals surface area contributed by atoms with Crippen LogP contribution in [0.5, 0.6) is 0 Å². The van der Waals surface area contributed by atoms with Crippen LogP contribution in [0.15, 0.2) is 30.3 Å². The summed E-state index contributed by atoms with van der Waals surface area (Å²) in [5.74, 6) is -0.0222. The second-order valence-electron chi connectivity index (χ2n) is 5.06. The molecule has 1 amide bonds. The smallest absolute Gasteiger partial charge is 0.227 e. The van der Waals surface area contributed by atoms with Gasteiger partial charge in [-0.25, -0.2) is 0 Å². The molecule has 1 aliphatic rings. The second-order valence-corrected chi connectivity index (χ2v) is 6.60. The Kier molecular flexibility index (Phi) is 5.06. The molecule has 0 spiro atoms. The summed E-state index contributed by atoms with van der Waals surface area (Å²) in [6.07, 6.45) is 3.99. The molecule has 1 saturated heterocycles. The maximum Gasteiger partial charge on any atom is 0.227 e. The monoisotopic (exact) mass is 293 g/mol. The van der Waals surface area contributed by atoms with E-state index in [1.54, 1.807) is 6.26 Å². The van der Waals surface area contributed by atoms with Gasteiger partial charge in [-0.2, -0.15) is 0 Å². The zero-order valence-corrected chi connectivity index (χ0v) is 12.4. The number of rotatable bonds is 7. The van der Waals surface area contributed by atoms with Gasteiger partial charge in [0.25, 0.3) is 0 Å². The van der Waals surface area contributed by atoms with Gasteiger partial charge in [0.15, 0.2) is 5.78 Å². The van der Waals surface area contributed by atoms with Gasteiger partial charge in [0, 0.05) is 23.5 Å². The van der Waals surface area contributed by atoms with E-state index in [1.807, 2.05) is 30.3 Å². The Morgan fingerprint density at radius 3 is 2.65 bits per heavy atom. The van der Waals surface area contributed by atoms with Crippen LogP contribution < -0.4 is 0 Å². The van der Waals surface area contributed by atoms with Crippen LogP contribution in [0.1, 0.15) is 24.8 Å². The van der Waals surface area contributed by atoms with Gasteiger partial charge in [0.05, 0.1) is 13.0 Å². The number of nitrogens with zero attached hydrogens (tertiary/aromatic N) is 1. The SMILES string of the molecule is CS(=O)C1CC(=O)N1CC(=O)CCCc1ccccc1. The number of carbonyl (C=O) groups is 2. The molecule has 0 aromatic heterocycles. The molecular weight excluding hydrogens is 274 g/mol. The molecule has 0 saturated carbocycles. The average Bonchev–Trinajstić information content (AvgIpc) is 2.43. The van der Waals surface area contributed by atoms with Crippen LogP contribution in [0.25, 0.3) is 0 Å². The van der Waals surface area contributed by atoms with Crippen molar-refractivity contribution in [1.29, 1.82) is 0 Å². The number of hydrogen-bond donors (Lipinski definition) is 0. The molecule has 0 bridgehead atoms. The van der Waals surface area contributed by atoms with E-state index in [-0.39, 0.29) is 23.6 Å². The van der Waals surface area contributed by atoms with Crippen molar-refractivity contribution in [3.8, 4) is 0 Å². The Hall–Kier alpha value is -1.49. The number of aryl methyl sites for hydroxylation is 1. The molecule has 1 heterocycles. The van der Waals surface area contributed by atoms with Crippen molar-refractivity contribution in [3.05, 3.63) is 35.9 Å². The predicted molar refractivity (Wildman–Crippen MR) is 78.6 cm³/mol. The highest BCUT2D eigenvalue weighted by atomic mass is 32.2. The summed E-state index contributed by atoms with van der Waals surface area (Å²) >= 11 is 0. The summed E-state index contributed by atoms with van der Waals surface area (Å²) in [4.78, 5) is 24.7. The highest BCUT2D eigenvalue weighted by molar-refractivity contribution is 7.85. The fraction of sp³-hybridized carbons (Fsp3) is 0.467. The molecule has 20 heavy (non-hydrogen) atoms. The molecule has 0 aliphatic carbocycles. The van der Waals surface area contributed by atoms with Crippen molar-refractivity contribution < 1.29 is 13.8 Å². The minimum absolute atomic E-state index is 0.0458. The standard InChI is InChI=1S/C15H19NO3S/c1-20(19)15-10-14(18)16(15)11-13(17)9-5-8-12-6-3-2-4-7-12/h2-4,6-7,15H,5,8-11H2,1H3. The van der Waals surface area contributed by atoms with Gasteiger partial charge in [-0.3, -0.25) is 13.8 Å². The first-order valence-corrected chi connectivity index (χ1v) is 8.37. The van der Waals surface area contributed by atoms with Crippen molar-refractivity contribution in [2.45, 2.75) is 31.1 Å². The van der Waals surface area contributed by atoms with Crippen LogP contribution in [0.3, 0.4) is 0 Å². The quantitative estimate of drug-likeness (QED) is 0.716. The average molecular weight is 293 g/mol. The Bertz CT molecular complexity index is 515. The van der Waals surface area contributed by atoms with Crippen LogP contribution in [0, 0.1) is 0 Å². The van der Waals surface area contributed by atoms with Crippen LogP contribution in [0.4, 0.5) is 0 Å². The first-order chi connectivity index (χ1) is 9.58. The summed E-state index contributed by atoms with van der Waals surface area (Å²) in [5, 5.41) is -0.263. The Balaban J connectivity index is 1.73. The second kappa shape index (κ2) is 6.79. The highest BCUT2D eigenvalue weighted by Crippen LogP contribution is 2.21. The van der Waals surface area contributed by atoms with E-state index >= 15 is 0 Å². The first-order valence-electron chi connectivity index (χ1n) is 6.75. The van der Waals surface area contributed by atoms with Crippen molar-refractivity contribution >= 4 is 22.5 Å². The number of ketones is 1. The number of Topliss-reactive ketones (excluding diaryl/α,β-unsaturated/α-hetero) is 1. The van der Waals surface area contributed by atoms with Crippen molar-refractivity contribution in [3.63, 3.8) is 0 Å². The van der Waals surface area contributed by atoms with Gasteiger partial charge in [0.2, 0.25) is 5.91 Å². The Morgan fingerprint density at radius 2 is 2.05 bits per heavy atom. The highest BCUT2D eigenvalue weighted by Gasteiger charge is 2.39. The van der Waals surface area contributed by atoms with E-state index in [9.17, 15) is 13.8 Å². The fourth-order valence-corrected chi connectivity index (χ4v) is 3.24. The third-order valence-electron chi connectivity index (χ3n) is 3.51. The minimum atomic E-state index is -1.07. The van der Waals surface area contributed by atoms with Crippen molar-refractivity contribution in [2.75, 3.05) is 12.8 Å². The minimum Gasteiger partial charge on any atom is -0.320 e. The van der Waals surface area contributed by atoms with Crippen LogP contribution >= 0.6 is 0 Å². The largest absolute Gasteiger partial charge is 0.320 e. The summed E-state index contributed by atoms with van der Waals surface area (Å²) in [5.41, 5.74) is 1.22. The van der Waals surface area contributed by atoms with Gasteiger partial charge in [0.1, 0.15) is 5.37 Å². The van der Waals surface area contributed by atoms with Gasteiger partial charge in [-0.1, -0.05) is 30.3 Å². The molecule has 1 aromatic carbocycles. The van der Waals surface area contributed by atoms with Gasteiger partial charge >= 0.3 is 0 Å². The van der Waals surface area contributed by atoms with E-state index < -0.39 is 10.8 Å². The van der Waals surface area contributed by atoms with Crippen LogP contribution in [0.2, 0.25) is 0 Å². The number of hydrogen-bond acceptors (Lipinski definition) is 3. The van der Waals surface area contributed by atoms with Crippen LogP contribution in [-0.4, -0.2) is 39.0 Å². The molecule has 0 N–H and O–H groups in total. The molecular formula is C15H19NO3S. The maximum absolute atomic E-state index is 11.9. The molecule has 2 atom stereocenters. The third kappa shape index (κ3) is 3.76. The zero-order valence-electron chi connectivity index (χ0n) is 11.6. The number of carbonyl (C=O) groups excluding carboxylic acids is 2. The number of likely N-dealkylation sites (tertiary alicyclic amines) is 1. The lowest BCUT2D eigenvalue weighted by Crippen LogP contribution is -2.56. The Morgan fingerprint density at radius 1 is 1.35 bits per heavy atom. The van der Waals surface area contributed by atoms with E-state index in [2.05, 4.69) is 0 Å². The van der Waals surface area contributed by atoms with Gasteiger partial charge in [-0.05, 0) is 18.4 Å². The molecule has 2 unspecified atom stereocenters. The maximum atomic E-state index is 11.9. The first kappa shape index (κ1) is 14.9. The van der Waals surface area contributed by atoms with Crippen LogP contribution in [-0.2, 0) is 26.8 Å². The normalized spacial score (nSPS) is 19.6. The molecule has 2 rings (SSSR count). The van der Waals surface area contributed by atoms with E-state index in [0.717, 1.165) is 12.8 Å². The Labute approximate surface area is 121 Å². The predicted octanol–water partition coefficient (Wildman–Crippen LogP) is 1.52. The van der Waals surface area contributed by atoms with E-state index in [4.69, 9.17) is 0 Å². The number of β-lactam (4-membered cyclic amide) rings is 1. The lowest BCUT2D eigenvalue weighted by Gasteiger charge is -2.38. The molecule has 108 valence electrons. The summed E-state index contributed by atoms with van der Waals surface area (Å²) in [7, 11) is -1.07. The van der Waals surface area contributed by atoms with Crippen molar-refractivity contribution in [2.24, 2.45) is 0 Å². The lowest BCUT2D eigenvalue weighted by molar-refractivity contribution is -0.145. The topological polar surface area (TPSA) is 54.5 Å². The lowest BCUT2D eigenvalue weighted by atomic mass is 10.1. The number of benzene rings is 1. The zero-order chi connectivity index (χ0) is 14.5. The van der Waals surface area contributed by atoms with Gasteiger partial charge in [-0.15, -0.1) is 0 Å².